The van der Waals surface area contributed by atoms with E-state index in [1.807, 2.05) is 11.4 Å². The third-order valence-electron chi connectivity index (χ3n) is 2.49. The van der Waals surface area contributed by atoms with Crippen LogP contribution in [0.1, 0.15) is 0 Å². The molecule has 0 aliphatic rings. The van der Waals surface area contributed by atoms with E-state index in [0.29, 0.717) is 0 Å². The lowest BCUT2D eigenvalue weighted by atomic mass is 10.1. The molecule has 1 aromatic heterocycles. The van der Waals surface area contributed by atoms with E-state index in [2.05, 4.69) is 48.5 Å². The average molecular weight is 209 g/mol. The molecule has 0 aliphatic carbocycles. The first-order chi connectivity index (χ1) is 7.43. The van der Waals surface area contributed by atoms with Gasteiger partial charge in [0.2, 0.25) is 0 Å². The zero-order chi connectivity index (χ0) is 10.1. The van der Waals surface area contributed by atoms with Crippen molar-refractivity contribution in [1.29, 1.82) is 0 Å². The van der Waals surface area contributed by atoms with Crippen molar-refractivity contribution < 1.29 is 0 Å². The molecule has 1 heteroatoms. The van der Waals surface area contributed by atoms with Gasteiger partial charge < -0.3 is 0 Å². The Morgan fingerprint density at radius 3 is 2.60 bits per heavy atom. The smallest absolute Gasteiger partial charge is 0.0355 e. The van der Waals surface area contributed by atoms with Crippen LogP contribution in [0.3, 0.4) is 0 Å². The second kappa shape index (κ2) is 3.52. The van der Waals surface area contributed by atoms with E-state index in [9.17, 15) is 0 Å². The van der Waals surface area contributed by atoms with Crippen LogP contribution in [0.25, 0.3) is 21.2 Å². The van der Waals surface area contributed by atoms with Crippen molar-refractivity contribution in [1.82, 2.24) is 0 Å². The van der Waals surface area contributed by atoms with Gasteiger partial charge in [-0.15, -0.1) is 11.3 Å². The van der Waals surface area contributed by atoms with E-state index >= 15 is 0 Å². The quantitative estimate of drug-likeness (QED) is 0.558. The molecule has 0 aliphatic heterocycles. The molecule has 2 aromatic carbocycles. The van der Waals surface area contributed by atoms with Crippen LogP contribution in [0.2, 0.25) is 0 Å². The van der Waals surface area contributed by atoms with E-state index in [4.69, 9.17) is 0 Å². The number of rotatable bonds is 1. The molecule has 0 unspecified atom stereocenters. The molecule has 0 N–H and O–H groups in total. The highest BCUT2D eigenvalue weighted by atomic mass is 32.1. The molecule has 0 nitrogen and oxygen atoms in total. The van der Waals surface area contributed by atoms with Crippen molar-refractivity contribution in [2.75, 3.05) is 0 Å². The molecule has 15 heavy (non-hydrogen) atoms. The molecule has 3 aromatic rings. The highest BCUT2D eigenvalue weighted by Gasteiger charge is 1.99. The number of benzene rings is 2. The molecule has 0 spiro atoms. The van der Waals surface area contributed by atoms with E-state index < -0.39 is 0 Å². The number of hydrogen-bond acceptors (Lipinski definition) is 1. The van der Waals surface area contributed by atoms with Crippen molar-refractivity contribution >= 4 is 21.4 Å². The van der Waals surface area contributed by atoms with Gasteiger partial charge in [-0.1, -0.05) is 42.5 Å². The van der Waals surface area contributed by atoms with Crippen LogP contribution in [0.4, 0.5) is 0 Å². The summed E-state index contributed by atoms with van der Waals surface area (Å²) in [5.41, 5.74) is 2.55. The third-order valence-corrected chi connectivity index (χ3v) is 3.32. The van der Waals surface area contributed by atoms with Gasteiger partial charge in [-0.2, -0.15) is 0 Å². The van der Waals surface area contributed by atoms with Gasteiger partial charge in [0.25, 0.3) is 0 Å². The minimum absolute atomic E-state index is 1.21. The van der Waals surface area contributed by atoms with Crippen LogP contribution >= 0.6 is 11.3 Å². The number of thiophene rings is 1. The van der Waals surface area contributed by atoms with Crippen molar-refractivity contribution in [3.8, 4) is 11.1 Å². The van der Waals surface area contributed by atoms with Gasteiger partial charge >= 0.3 is 0 Å². The summed E-state index contributed by atoms with van der Waals surface area (Å²) in [7, 11) is 0. The Bertz CT molecular complexity index is 578. The molecule has 0 saturated carbocycles. The Balaban J connectivity index is 2.19. The van der Waals surface area contributed by atoms with Crippen LogP contribution in [-0.4, -0.2) is 0 Å². The van der Waals surface area contributed by atoms with Crippen molar-refractivity contribution in [3.05, 3.63) is 60.0 Å². The normalized spacial score (nSPS) is 10.7. The molecule has 0 fully saturated rings. The number of fused-ring (bicyclic) bond motifs is 1. The zero-order valence-electron chi connectivity index (χ0n) is 8.10. The molecular weight excluding hydrogens is 200 g/mol. The van der Waals surface area contributed by atoms with Crippen molar-refractivity contribution in [2.45, 2.75) is 0 Å². The number of hydrogen-bond donors (Lipinski definition) is 0. The standard InChI is InChI=1S/C14H9S/c1-2-4-11(5-3-1)13-7-6-12-8-9-15-14(12)10-13/h1-7,9-10H. The maximum absolute atomic E-state index is 3.22. The van der Waals surface area contributed by atoms with Gasteiger partial charge in [-0.05, 0) is 22.6 Å². The summed E-state index contributed by atoms with van der Waals surface area (Å²) in [5.74, 6) is 0. The van der Waals surface area contributed by atoms with Gasteiger partial charge in [0.15, 0.2) is 0 Å². The van der Waals surface area contributed by atoms with Crippen molar-refractivity contribution in [3.63, 3.8) is 0 Å². The fraction of sp³-hybridized carbons (Fsp3) is 0. The zero-order valence-corrected chi connectivity index (χ0v) is 8.92. The first-order valence-corrected chi connectivity index (χ1v) is 5.76. The first kappa shape index (κ1) is 8.69. The Labute approximate surface area is 92.8 Å². The van der Waals surface area contributed by atoms with Crippen LogP contribution in [-0.2, 0) is 0 Å². The van der Waals surface area contributed by atoms with E-state index in [0.717, 1.165) is 0 Å². The second-order valence-electron chi connectivity index (χ2n) is 3.46. The van der Waals surface area contributed by atoms with E-state index in [1.54, 1.807) is 11.3 Å². The minimum Gasteiger partial charge on any atom is -0.143 e. The van der Waals surface area contributed by atoms with Gasteiger partial charge in [0.1, 0.15) is 0 Å². The first-order valence-electron chi connectivity index (χ1n) is 4.88. The predicted molar refractivity (Wildman–Crippen MR) is 66.1 cm³/mol. The Kier molecular flexibility index (Phi) is 2.04. The summed E-state index contributed by atoms with van der Waals surface area (Å²) in [4.78, 5) is 0. The Morgan fingerprint density at radius 1 is 0.867 bits per heavy atom. The lowest BCUT2D eigenvalue weighted by molar-refractivity contribution is 1.66. The van der Waals surface area contributed by atoms with Crippen LogP contribution in [0.15, 0.2) is 53.9 Å². The van der Waals surface area contributed by atoms with E-state index in [-0.39, 0.29) is 0 Å². The third kappa shape index (κ3) is 1.55. The fourth-order valence-electron chi connectivity index (χ4n) is 1.71. The summed E-state index contributed by atoms with van der Waals surface area (Å²) in [5, 5.41) is 3.22. The summed E-state index contributed by atoms with van der Waals surface area (Å²) in [6.45, 7) is 0. The summed E-state index contributed by atoms with van der Waals surface area (Å²) < 4.78 is 1.30. The molecule has 1 heterocycles. The van der Waals surface area contributed by atoms with E-state index in [1.165, 1.54) is 21.2 Å². The SMILES string of the molecule is [c]1csc2cc(-c3ccccc3)ccc12. The van der Waals surface area contributed by atoms with Crippen molar-refractivity contribution in [2.24, 2.45) is 0 Å². The van der Waals surface area contributed by atoms with Gasteiger partial charge in [0, 0.05) is 16.2 Å². The highest BCUT2D eigenvalue weighted by molar-refractivity contribution is 7.17. The second-order valence-corrected chi connectivity index (χ2v) is 4.37. The van der Waals surface area contributed by atoms with Crippen LogP contribution < -0.4 is 0 Å². The molecule has 1 radical (unpaired) electrons. The largest absolute Gasteiger partial charge is 0.143 e. The predicted octanol–water partition coefficient (Wildman–Crippen LogP) is 4.37. The fourth-order valence-corrected chi connectivity index (χ4v) is 2.47. The topological polar surface area (TPSA) is 0 Å². The van der Waals surface area contributed by atoms with Gasteiger partial charge in [-0.25, -0.2) is 0 Å². The average Bonchev–Trinajstić information content (AvgIpc) is 2.77. The van der Waals surface area contributed by atoms with Crippen LogP contribution in [0, 0.1) is 6.07 Å². The Hall–Kier alpha value is -1.60. The van der Waals surface area contributed by atoms with Crippen LogP contribution in [0.5, 0.6) is 0 Å². The molecule has 0 saturated heterocycles. The molecule has 0 bridgehead atoms. The monoisotopic (exact) mass is 209 g/mol. The van der Waals surface area contributed by atoms with Gasteiger partial charge in [-0.3, -0.25) is 0 Å². The Morgan fingerprint density at radius 2 is 1.73 bits per heavy atom. The molecular formula is C14H9S. The van der Waals surface area contributed by atoms with Gasteiger partial charge in [0.05, 0.1) is 0 Å². The highest BCUT2D eigenvalue weighted by Crippen LogP contribution is 2.26. The molecule has 0 amide bonds. The summed E-state index contributed by atoms with van der Waals surface area (Å²) >= 11 is 1.74. The molecule has 71 valence electrons. The minimum atomic E-state index is 1.21. The summed E-state index contributed by atoms with van der Waals surface area (Å²) in [6, 6.07) is 20.2. The maximum atomic E-state index is 3.22. The molecule has 0 atom stereocenters. The lowest BCUT2D eigenvalue weighted by Gasteiger charge is -2.00. The lowest BCUT2D eigenvalue weighted by Crippen LogP contribution is -1.75. The maximum Gasteiger partial charge on any atom is 0.0355 e. The molecule has 3 rings (SSSR count). The summed E-state index contributed by atoms with van der Waals surface area (Å²) in [6.07, 6.45) is 0.